The summed E-state index contributed by atoms with van der Waals surface area (Å²) in [5.74, 6) is 1.04. The number of guanidine groups is 1. The summed E-state index contributed by atoms with van der Waals surface area (Å²) < 4.78 is 5.05. The van der Waals surface area contributed by atoms with Crippen LogP contribution in [-0.4, -0.2) is 32.3 Å². The van der Waals surface area contributed by atoms with Gasteiger partial charge in [0.2, 0.25) is 0 Å². The van der Waals surface area contributed by atoms with E-state index in [0.29, 0.717) is 18.4 Å². The highest BCUT2D eigenvalue weighted by molar-refractivity contribution is 5.77. The summed E-state index contributed by atoms with van der Waals surface area (Å²) in [5, 5.41) is 2.99. The van der Waals surface area contributed by atoms with Crippen LogP contribution < -0.4 is 11.1 Å². The molecule has 0 aromatic heterocycles. The number of nitrogens with one attached hydrogen (secondary N) is 1. The van der Waals surface area contributed by atoms with Crippen molar-refractivity contribution in [3.63, 3.8) is 0 Å². The van der Waals surface area contributed by atoms with Crippen molar-refractivity contribution in [3.8, 4) is 0 Å². The molecule has 1 atom stereocenters. The van der Waals surface area contributed by atoms with E-state index in [4.69, 9.17) is 10.5 Å². The summed E-state index contributed by atoms with van der Waals surface area (Å²) in [6.45, 7) is 7.65. The number of aliphatic imine (C=N–C) groups is 1. The van der Waals surface area contributed by atoms with Crippen LogP contribution >= 0.6 is 0 Å². The van der Waals surface area contributed by atoms with E-state index in [1.54, 1.807) is 7.11 Å². The van der Waals surface area contributed by atoms with Crippen molar-refractivity contribution in [1.82, 2.24) is 5.32 Å². The molecule has 0 aromatic rings. The van der Waals surface area contributed by atoms with E-state index in [1.807, 2.05) is 6.92 Å². The minimum atomic E-state index is 0.160. The average Bonchev–Trinajstić information content (AvgIpc) is 2.10. The second-order valence-corrected chi connectivity index (χ2v) is 3.55. The van der Waals surface area contributed by atoms with Gasteiger partial charge < -0.3 is 15.8 Å². The fourth-order valence-corrected chi connectivity index (χ4v) is 0.668. The van der Waals surface area contributed by atoms with E-state index < -0.39 is 0 Å². The molecule has 0 spiro atoms. The van der Waals surface area contributed by atoms with Gasteiger partial charge in [-0.15, -0.1) is 0 Å². The van der Waals surface area contributed by atoms with Gasteiger partial charge in [-0.2, -0.15) is 0 Å². The zero-order valence-corrected chi connectivity index (χ0v) is 9.00. The van der Waals surface area contributed by atoms with Crippen molar-refractivity contribution in [2.75, 3.05) is 20.2 Å². The van der Waals surface area contributed by atoms with Gasteiger partial charge in [0.05, 0.1) is 6.10 Å². The van der Waals surface area contributed by atoms with Gasteiger partial charge in [0.1, 0.15) is 0 Å². The molecule has 4 heteroatoms. The van der Waals surface area contributed by atoms with E-state index in [-0.39, 0.29) is 6.10 Å². The van der Waals surface area contributed by atoms with Gasteiger partial charge >= 0.3 is 0 Å². The summed E-state index contributed by atoms with van der Waals surface area (Å²) in [4.78, 5) is 4.16. The van der Waals surface area contributed by atoms with Crippen molar-refractivity contribution in [1.29, 1.82) is 0 Å². The smallest absolute Gasteiger partial charge is 0.188 e. The molecule has 0 aliphatic carbocycles. The molecule has 13 heavy (non-hydrogen) atoms. The second kappa shape index (κ2) is 6.71. The zero-order chi connectivity index (χ0) is 10.3. The molecule has 0 aliphatic rings. The lowest BCUT2D eigenvalue weighted by molar-refractivity contribution is 0.121. The van der Waals surface area contributed by atoms with Crippen LogP contribution in [0, 0.1) is 5.92 Å². The zero-order valence-electron chi connectivity index (χ0n) is 9.00. The second-order valence-electron chi connectivity index (χ2n) is 3.55. The maximum atomic E-state index is 5.61. The Morgan fingerprint density at radius 3 is 2.54 bits per heavy atom. The molecule has 0 radical (unpaired) electrons. The van der Waals surface area contributed by atoms with Crippen molar-refractivity contribution in [3.05, 3.63) is 0 Å². The number of methoxy groups -OCH3 is 1. The van der Waals surface area contributed by atoms with Crippen LogP contribution in [0.15, 0.2) is 4.99 Å². The lowest BCUT2D eigenvalue weighted by Gasteiger charge is -2.11. The Bertz CT molecular complexity index is 157. The maximum absolute atomic E-state index is 5.61. The normalized spacial score (nSPS) is 14.7. The van der Waals surface area contributed by atoms with Gasteiger partial charge in [0.25, 0.3) is 0 Å². The molecule has 0 aliphatic heterocycles. The number of rotatable bonds is 5. The minimum absolute atomic E-state index is 0.160. The first kappa shape index (κ1) is 12.2. The van der Waals surface area contributed by atoms with Gasteiger partial charge in [-0.1, -0.05) is 13.8 Å². The monoisotopic (exact) mass is 187 g/mol. The Balaban J connectivity index is 3.60. The quantitative estimate of drug-likeness (QED) is 0.489. The first-order chi connectivity index (χ1) is 6.06. The molecule has 78 valence electrons. The lowest BCUT2D eigenvalue weighted by Crippen LogP contribution is -2.37. The summed E-state index contributed by atoms with van der Waals surface area (Å²) in [5.41, 5.74) is 5.61. The Hall–Kier alpha value is -0.770. The standard InChI is InChI=1S/C9H21N3O/c1-7(2)5-11-9(10)12-6-8(3)13-4/h7-8H,5-6H2,1-4H3,(H3,10,11,12). The van der Waals surface area contributed by atoms with Crippen molar-refractivity contribution in [2.45, 2.75) is 26.9 Å². The van der Waals surface area contributed by atoms with Crippen molar-refractivity contribution < 1.29 is 4.74 Å². The van der Waals surface area contributed by atoms with Crippen LogP contribution in [0.1, 0.15) is 20.8 Å². The Labute approximate surface area is 80.6 Å². The number of hydrogen-bond donors (Lipinski definition) is 2. The SMILES string of the molecule is COC(C)CNC(N)=NCC(C)C. The lowest BCUT2D eigenvalue weighted by atomic mass is 10.2. The first-order valence-electron chi connectivity index (χ1n) is 4.62. The predicted molar refractivity (Wildman–Crippen MR) is 55.8 cm³/mol. The Kier molecular flexibility index (Phi) is 6.32. The number of nitrogens with two attached hydrogens (primary N) is 1. The van der Waals surface area contributed by atoms with Crippen LogP contribution in [0.25, 0.3) is 0 Å². The highest BCUT2D eigenvalue weighted by Crippen LogP contribution is 1.90. The fraction of sp³-hybridized carbons (Fsp3) is 0.889. The van der Waals surface area contributed by atoms with Crippen LogP contribution in [-0.2, 0) is 4.74 Å². The van der Waals surface area contributed by atoms with E-state index in [2.05, 4.69) is 24.2 Å². The highest BCUT2D eigenvalue weighted by Gasteiger charge is 1.99. The highest BCUT2D eigenvalue weighted by atomic mass is 16.5. The fourth-order valence-electron chi connectivity index (χ4n) is 0.668. The molecular weight excluding hydrogens is 166 g/mol. The number of ether oxygens (including phenoxy) is 1. The van der Waals surface area contributed by atoms with E-state index in [9.17, 15) is 0 Å². The van der Waals surface area contributed by atoms with Gasteiger partial charge in [-0.25, -0.2) is 0 Å². The Morgan fingerprint density at radius 1 is 1.46 bits per heavy atom. The van der Waals surface area contributed by atoms with Crippen LogP contribution in [0.3, 0.4) is 0 Å². The molecule has 0 rings (SSSR count). The summed E-state index contributed by atoms with van der Waals surface area (Å²) in [6, 6.07) is 0. The van der Waals surface area contributed by atoms with Crippen LogP contribution in [0.2, 0.25) is 0 Å². The molecular formula is C9H21N3O. The number of nitrogens with zero attached hydrogens (tertiary/aromatic N) is 1. The first-order valence-corrected chi connectivity index (χ1v) is 4.62. The topological polar surface area (TPSA) is 59.6 Å². The third kappa shape index (κ3) is 7.59. The maximum Gasteiger partial charge on any atom is 0.188 e. The summed E-state index contributed by atoms with van der Waals surface area (Å²) in [7, 11) is 1.67. The number of hydrogen-bond acceptors (Lipinski definition) is 2. The molecule has 3 N–H and O–H groups in total. The molecule has 0 saturated heterocycles. The van der Waals surface area contributed by atoms with Gasteiger partial charge in [-0.3, -0.25) is 4.99 Å². The van der Waals surface area contributed by atoms with Gasteiger partial charge in [0, 0.05) is 20.2 Å². The van der Waals surface area contributed by atoms with E-state index in [0.717, 1.165) is 6.54 Å². The van der Waals surface area contributed by atoms with E-state index in [1.165, 1.54) is 0 Å². The largest absolute Gasteiger partial charge is 0.380 e. The van der Waals surface area contributed by atoms with Crippen molar-refractivity contribution >= 4 is 5.96 Å². The van der Waals surface area contributed by atoms with Crippen LogP contribution in [0.5, 0.6) is 0 Å². The Morgan fingerprint density at radius 2 is 2.08 bits per heavy atom. The summed E-state index contributed by atoms with van der Waals surface area (Å²) >= 11 is 0. The van der Waals surface area contributed by atoms with E-state index >= 15 is 0 Å². The third-order valence-corrected chi connectivity index (χ3v) is 1.60. The molecule has 0 heterocycles. The molecule has 1 unspecified atom stereocenters. The molecule has 4 nitrogen and oxygen atoms in total. The molecule has 0 fully saturated rings. The van der Waals surface area contributed by atoms with Crippen LogP contribution in [0.4, 0.5) is 0 Å². The minimum Gasteiger partial charge on any atom is -0.380 e. The third-order valence-electron chi connectivity index (χ3n) is 1.60. The molecule has 0 bridgehead atoms. The van der Waals surface area contributed by atoms with Gasteiger partial charge in [0.15, 0.2) is 5.96 Å². The molecule has 0 amide bonds. The molecule has 0 aromatic carbocycles. The van der Waals surface area contributed by atoms with Gasteiger partial charge in [-0.05, 0) is 12.8 Å². The van der Waals surface area contributed by atoms with Crippen molar-refractivity contribution in [2.24, 2.45) is 16.6 Å². The molecule has 0 saturated carbocycles. The average molecular weight is 187 g/mol. The predicted octanol–water partition coefficient (Wildman–Crippen LogP) is 0.582. The summed E-state index contributed by atoms with van der Waals surface area (Å²) in [6.07, 6.45) is 0.160.